The number of hydrogen-bond acceptors (Lipinski definition) is 6. The van der Waals surface area contributed by atoms with Crippen LogP contribution >= 0.6 is 0 Å². The molecule has 1 aliphatic rings. The van der Waals surface area contributed by atoms with Gasteiger partial charge < -0.3 is 9.47 Å². The summed E-state index contributed by atoms with van der Waals surface area (Å²) in [5.41, 5.74) is 0.178. The first-order valence-electron chi connectivity index (χ1n) is 10.4. The van der Waals surface area contributed by atoms with E-state index in [4.69, 9.17) is 14.5 Å². The van der Waals surface area contributed by atoms with Crippen LogP contribution in [0.5, 0.6) is 0 Å². The molecule has 4 unspecified atom stereocenters. The largest absolute Gasteiger partial charge is 0.465 e. The predicted molar refractivity (Wildman–Crippen MR) is 116 cm³/mol. The molecule has 0 aromatic heterocycles. The molecule has 0 bridgehead atoms. The highest BCUT2D eigenvalue weighted by Crippen LogP contribution is 2.55. The molecule has 0 radical (unpaired) electrons. The fourth-order valence-corrected chi connectivity index (χ4v) is 4.35. The van der Waals surface area contributed by atoms with Gasteiger partial charge in [0, 0.05) is 11.6 Å². The van der Waals surface area contributed by atoms with Gasteiger partial charge in [0.2, 0.25) is 0 Å². The Morgan fingerprint density at radius 3 is 2.03 bits per heavy atom. The van der Waals surface area contributed by atoms with E-state index in [1.807, 2.05) is 60.7 Å². The molecule has 160 valence electrons. The first-order chi connectivity index (χ1) is 15.0. The predicted octanol–water partition coefficient (Wildman–Crippen LogP) is 4.24. The van der Waals surface area contributed by atoms with E-state index in [9.17, 15) is 14.9 Å². The Labute approximate surface area is 182 Å². The summed E-state index contributed by atoms with van der Waals surface area (Å²) in [6, 6.07) is 19.8. The fraction of sp³-hybridized carbons (Fsp3) is 0.360. The minimum Gasteiger partial charge on any atom is -0.465 e. The average molecular weight is 418 g/mol. The molecule has 0 spiro atoms. The van der Waals surface area contributed by atoms with E-state index < -0.39 is 35.2 Å². The number of nitrogens with zero attached hydrogens (tertiary/aromatic N) is 2. The number of hydrogen-bond donors (Lipinski definition) is 0. The molecule has 6 heteroatoms. The number of ether oxygens (including phenoxy) is 2. The second-order valence-corrected chi connectivity index (χ2v) is 7.40. The zero-order valence-corrected chi connectivity index (χ0v) is 17.9. The number of benzene rings is 2. The molecular weight excluding hydrogens is 392 g/mol. The Balaban J connectivity index is 2.35. The minimum absolute atomic E-state index is 0.109. The molecule has 0 N–H and O–H groups in total. The summed E-state index contributed by atoms with van der Waals surface area (Å²) in [6.45, 7) is 5.46. The average Bonchev–Trinajstić information content (AvgIpc) is 2.79. The van der Waals surface area contributed by atoms with Crippen molar-refractivity contribution in [2.75, 3.05) is 13.2 Å². The van der Waals surface area contributed by atoms with Crippen LogP contribution in [0.1, 0.15) is 43.9 Å². The zero-order valence-electron chi connectivity index (χ0n) is 17.9. The van der Waals surface area contributed by atoms with Crippen LogP contribution in [0.4, 0.5) is 0 Å². The van der Waals surface area contributed by atoms with Gasteiger partial charge in [-0.25, -0.2) is 0 Å². The highest BCUT2D eigenvalue weighted by Gasteiger charge is 2.62. The lowest BCUT2D eigenvalue weighted by atomic mass is 9.59. The molecule has 0 saturated carbocycles. The molecule has 0 fully saturated rings. The second kappa shape index (κ2) is 9.57. The van der Waals surface area contributed by atoms with E-state index >= 15 is 0 Å². The molecule has 3 rings (SSSR count). The lowest BCUT2D eigenvalue weighted by Gasteiger charge is -2.44. The summed E-state index contributed by atoms with van der Waals surface area (Å²) >= 11 is 0. The lowest BCUT2D eigenvalue weighted by molar-refractivity contribution is -0.158. The summed E-state index contributed by atoms with van der Waals surface area (Å²) in [7, 11) is 0. The van der Waals surface area contributed by atoms with Crippen LogP contribution in [0.2, 0.25) is 0 Å². The van der Waals surface area contributed by atoms with Crippen molar-refractivity contribution in [3.63, 3.8) is 0 Å². The molecule has 1 aliphatic heterocycles. The number of carbonyl (C=O) groups excluding carboxylic acids is 2. The summed E-state index contributed by atoms with van der Waals surface area (Å²) < 4.78 is 10.8. The van der Waals surface area contributed by atoms with Crippen molar-refractivity contribution in [2.45, 2.75) is 32.7 Å². The highest BCUT2D eigenvalue weighted by molar-refractivity contribution is 6.04. The van der Waals surface area contributed by atoms with E-state index in [-0.39, 0.29) is 13.2 Å². The first kappa shape index (κ1) is 22.2. The van der Waals surface area contributed by atoms with Crippen molar-refractivity contribution in [1.82, 2.24) is 0 Å². The topological polar surface area (TPSA) is 88.8 Å². The van der Waals surface area contributed by atoms with Gasteiger partial charge in [-0.3, -0.25) is 14.6 Å². The molecule has 2 aromatic carbocycles. The van der Waals surface area contributed by atoms with Gasteiger partial charge in [-0.2, -0.15) is 5.26 Å². The number of rotatable bonds is 6. The van der Waals surface area contributed by atoms with Crippen LogP contribution in [-0.4, -0.2) is 30.9 Å². The van der Waals surface area contributed by atoms with E-state index in [2.05, 4.69) is 6.07 Å². The van der Waals surface area contributed by atoms with E-state index in [0.29, 0.717) is 16.8 Å². The van der Waals surface area contributed by atoms with E-state index in [1.165, 1.54) is 0 Å². The number of carbonyl (C=O) groups is 2. The van der Waals surface area contributed by atoms with Crippen LogP contribution in [0, 0.1) is 22.7 Å². The second-order valence-electron chi connectivity index (χ2n) is 7.40. The fourth-order valence-electron chi connectivity index (χ4n) is 4.35. The van der Waals surface area contributed by atoms with Crippen LogP contribution in [-0.2, 0) is 19.1 Å². The lowest BCUT2D eigenvalue weighted by Crippen LogP contribution is -2.51. The Morgan fingerprint density at radius 2 is 1.52 bits per heavy atom. The quantitative estimate of drug-likeness (QED) is 0.655. The van der Waals surface area contributed by atoms with Crippen LogP contribution < -0.4 is 0 Å². The van der Waals surface area contributed by atoms with Gasteiger partial charge in [0.25, 0.3) is 0 Å². The third kappa shape index (κ3) is 3.96. The Kier molecular flexibility index (Phi) is 6.86. The Morgan fingerprint density at radius 1 is 0.968 bits per heavy atom. The number of nitriles is 1. The standard InChI is InChI=1S/C25H26N2O4/c1-4-30-23(28)20-17(3)27-22(19-14-10-7-11-15-19)25(16-26,24(29)31-5-2)21(20)18-12-8-6-9-13-18/h6-15,20-22H,4-5H2,1-3H3. The number of esters is 2. The molecule has 6 nitrogen and oxygen atoms in total. The van der Waals surface area contributed by atoms with E-state index in [1.54, 1.807) is 20.8 Å². The Bertz CT molecular complexity index is 997. The van der Waals surface area contributed by atoms with E-state index in [0.717, 1.165) is 0 Å². The molecule has 0 saturated heterocycles. The third-order valence-corrected chi connectivity index (χ3v) is 5.65. The molecule has 2 aromatic rings. The maximum Gasteiger partial charge on any atom is 0.329 e. The molecule has 31 heavy (non-hydrogen) atoms. The highest BCUT2D eigenvalue weighted by atomic mass is 16.5. The number of aliphatic imine (C=N–C) groups is 1. The van der Waals surface area contributed by atoms with Crippen LogP contribution in [0.15, 0.2) is 65.7 Å². The minimum atomic E-state index is -1.74. The SMILES string of the molecule is CCOC(=O)C1C(C)=NC(c2ccccc2)C(C#N)(C(=O)OCC)C1c1ccccc1. The summed E-state index contributed by atoms with van der Waals surface area (Å²) in [6.07, 6.45) is 0. The van der Waals surface area contributed by atoms with Gasteiger partial charge in [0.15, 0.2) is 5.41 Å². The molecule has 4 atom stereocenters. The Hall–Kier alpha value is -3.46. The smallest absolute Gasteiger partial charge is 0.329 e. The van der Waals surface area contributed by atoms with Gasteiger partial charge in [0.05, 0.1) is 19.3 Å². The molecule has 1 heterocycles. The summed E-state index contributed by atoms with van der Waals surface area (Å²) in [5, 5.41) is 10.5. The van der Waals surface area contributed by atoms with Gasteiger partial charge in [-0.05, 0) is 31.9 Å². The maximum atomic E-state index is 13.5. The van der Waals surface area contributed by atoms with Crippen LogP contribution in [0.3, 0.4) is 0 Å². The molecule has 0 amide bonds. The third-order valence-electron chi connectivity index (χ3n) is 5.65. The van der Waals surface area contributed by atoms with Crippen molar-refractivity contribution in [3.8, 4) is 6.07 Å². The first-order valence-corrected chi connectivity index (χ1v) is 10.4. The van der Waals surface area contributed by atoms with Gasteiger partial charge >= 0.3 is 11.9 Å². The zero-order chi connectivity index (χ0) is 22.4. The van der Waals surface area contributed by atoms with Crippen LogP contribution in [0.25, 0.3) is 0 Å². The van der Waals surface area contributed by atoms with Gasteiger partial charge in [-0.15, -0.1) is 0 Å². The van der Waals surface area contributed by atoms with Crippen molar-refractivity contribution >= 4 is 17.7 Å². The summed E-state index contributed by atoms with van der Waals surface area (Å²) in [4.78, 5) is 31.3. The molecular formula is C25H26N2O4. The van der Waals surface area contributed by atoms with Crippen molar-refractivity contribution < 1.29 is 19.1 Å². The monoisotopic (exact) mass is 418 g/mol. The normalized spacial score (nSPS) is 25.1. The molecule has 0 aliphatic carbocycles. The van der Waals surface area contributed by atoms with Crippen molar-refractivity contribution in [3.05, 3.63) is 71.8 Å². The van der Waals surface area contributed by atoms with Gasteiger partial charge in [-0.1, -0.05) is 60.7 Å². The maximum absolute atomic E-state index is 13.5. The summed E-state index contributed by atoms with van der Waals surface area (Å²) in [5.74, 6) is -2.90. The van der Waals surface area contributed by atoms with Crippen molar-refractivity contribution in [1.29, 1.82) is 5.26 Å². The van der Waals surface area contributed by atoms with Crippen molar-refractivity contribution in [2.24, 2.45) is 16.3 Å². The van der Waals surface area contributed by atoms with Gasteiger partial charge in [0.1, 0.15) is 12.0 Å².